The number of hydrogen-bond acceptors (Lipinski definition) is 3. The SMILES string of the molecule is O=C(CCN1C(=O)c2ccccc2[C@@H]1c1c[nH]c2ccccc12)NCc1cccs1. The van der Waals surface area contributed by atoms with Gasteiger partial charge in [0.05, 0.1) is 12.6 Å². The summed E-state index contributed by atoms with van der Waals surface area (Å²) in [6, 6.07) is 19.6. The van der Waals surface area contributed by atoms with Crippen molar-refractivity contribution in [3.63, 3.8) is 0 Å². The number of hydrogen-bond donors (Lipinski definition) is 2. The lowest BCUT2D eigenvalue weighted by molar-refractivity contribution is -0.121. The van der Waals surface area contributed by atoms with Gasteiger partial charge in [0, 0.05) is 46.1 Å². The molecule has 1 aliphatic heterocycles. The van der Waals surface area contributed by atoms with Crippen LogP contribution in [0, 0.1) is 0 Å². The first-order valence-electron chi connectivity index (χ1n) is 9.97. The molecule has 0 radical (unpaired) electrons. The predicted octanol–water partition coefficient (Wildman–Crippen LogP) is 4.48. The lowest BCUT2D eigenvalue weighted by atomic mass is 9.97. The number of benzene rings is 2. The van der Waals surface area contributed by atoms with Crippen LogP contribution in [0.1, 0.15) is 38.8 Å². The first kappa shape index (κ1) is 18.6. The van der Waals surface area contributed by atoms with E-state index in [1.165, 1.54) is 0 Å². The maximum absolute atomic E-state index is 13.2. The van der Waals surface area contributed by atoms with Crippen LogP contribution in [-0.2, 0) is 11.3 Å². The van der Waals surface area contributed by atoms with Gasteiger partial charge in [-0.2, -0.15) is 0 Å². The molecule has 5 nitrogen and oxygen atoms in total. The number of aromatic amines is 1. The highest BCUT2D eigenvalue weighted by Crippen LogP contribution is 2.41. The van der Waals surface area contributed by atoms with Crippen molar-refractivity contribution in [3.8, 4) is 0 Å². The van der Waals surface area contributed by atoms with Gasteiger partial charge in [0.2, 0.25) is 5.91 Å². The van der Waals surface area contributed by atoms with Crippen LogP contribution in [0.25, 0.3) is 10.9 Å². The first-order valence-corrected chi connectivity index (χ1v) is 10.9. The summed E-state index contributed by atoms with van der Waals surface area (Å²) in [7, 11) is 0. The molecule has 1 aliphatic rings. The van der Waals surface area contributed by atoms with Crippen LogP contribution in [0.2, 0.25) is 0 Å². The van der Waals surface area contributed by atoms with Crippen molar-refractivity contribution in [3.05, 3.63) is 93.8 Å². The molecule has 6 heteroatoms. The Morgan fingerprint density at radius 3 is 2.73 bits per heavy atom. The van der Waals surface area contributed by atoms with Crippen molar-refractivity contribution in [1.82, 2.24) is 15.2 Å². The van der Waals surface area contributed by atoms with Gasteiger partial charge in [-0.25, -0.2) is 0 Å². The number of amides is 2. The third kappa shape index (κ3) is 3.29. The van der Waals surface area contributed by atoms with Crippen LogP contribution < -0.4 is 5.32 Å². The quantitative estimate of drug-likeness (QED) is 0.488. The maximum Gasteiger partial charge on any atom is 0.255 e. The van der Waals surface area contributed by atoms with Crippen LogP contribution >= 0.6 is 11.3 Å². The van der Waals surface area contributed by atoms with E-state index in [9.17, 15) is 9.59 Å². The van der Waals surface area contributed by atoms with Gasteiger partial charge < -0.3 is 15.2 Å². The number of aromatic nitrogens is 1. The molecule has 30 heavy (non-hydrogen) atoms. The Morgan fingerprint density at radius 1 is 1.03 bits per heavy atom. The molecule has 0 aliphatic carbocycles. The van der Waals surface area contributed by atoms with Gasteiger partial charge in [-0.15, -0.1) is 11.3 Å². The molecule has 150 valence electrons. The zero-order valence-corrected chi connectivity index (χ0v) is 17.1. The fraction of sp³-hybridized carbons (Fsp3) is 0.167. The number of H-pyrrole nitrogens is 1. The molecule has 2 aromatic heterocycles. The minimum Gasteiger partial charge on any atom is -0.361 e. The molecule has 1 atom stereocenters. The largest absolute Gasteiger partial charge is 0.361 e. The maximum atomic E-state index is 13.2. The van der Waals surface area contributed by atoms with Gasteiger partial charge >= 0.3 is 0 Å². The molecule has 0 bridgehead atoms. The number of carbonyl (C=O) groups excluding carboxylic acids is 2. The summed E-state index contributed by atoms with van der Waals surface area (Å²) >= 11 is 1.62. The zero-order valence-electron chi connectivity index (χ0n) is 16.3. The second-order valence-electron chi connectivity index (χ2n) is 7.38. The van der Waals surface area contributed by atoms with E-state index < -0.39 is 0 Å². The molecular weight excluding hydrogens is 394 g/mol. The number of nitrogens with zero attached hydrogens (tertiary/aromatic N) is 1. The first-order chi connectivity index (χ1) is 14.7. The average Bonchev–Trinajstić information content (AvgIpc) is 3.50. The molecular formula is C24H21N3O2S. The highest BCUT2D eigenvalue weighted by atomic mass is 32.1. The van der Waals surface area contributed by atoms with E-state index in [0.717, 1.165) is 26.9 Å². The summed E-state index contributed by atoms with van der Waals surface area (Å²) in [6.45, 7) is 0.893. The molecule has 2 aromatic carbocycles. The number of nitrogens with one attached hydrogen (secondary N) is 2. The second-order valence-corrected chi connectivity index (χ2v) is 8.42. The Balaban J connectivity index is 1.40. The summed E-state index contributed by atoms with van der Waals surface area (Å²) < 4.78 is 0. The zero-order chi connectivity index (χ0) is 20.5. The smallest absolute Gasteiger partial charge is 0.255 e. The second kappa shape index (κ2) is 7.80. The van der Waals surface area contributed by atoms with Crippen LogP contribution in [0.3, 0.4) is 0 Å². The van der Waals surface area contributed by atoms with Crippen molar-refractivity contribution in [2.24, 2.45) is 0 Å². The van der Waals surface area contributed by atoms with E-state index in [1.54, 1.807) is 11.3 Å². The molecule has 2 N–H and O–H groups in total. The molecule has 2 amide bonds. The van der Waals surface area contributed by atoms with E-state index in [2.05, 4.69) is 16.4 Å². The number of rotatable bonds is 6. The third-order valence-electron chi connectivity index (χ3n) is 5.59. The van der Waals surface area contributed by atoms with E-state index >= 15 is 0 Å². The Hall–Kier alpha value is -3.38. The molecule has 0 spiro atoms. The molecule has 0 unspecified atom stereocenters. The van der Waals surface area contributed by atoms with Crippen molar-refractivity contribution >= 4 is 34.1 Å². The summed E-state index contributed by atoms with van der Waals surface area (Å²) in [5, 5.41) is 6.04. The van der Waals surface area contributed by atoms with Gasteiger partial charge in [-0.3, -0.25) is 9.59 Å². The van der Waals surface area contributed by atoms with Gasteiger partial charge in [0.1, 0.15) is 0 Å². The Bertz CT molecular complexity index is 1210. The average molecular weight is 416 g/mol. The Labute approximate surface area is 178 Å². The standard InChI is InChI=1S/C24H21N3O2S/c28-22(26-14-16-6-5-13-30-16)11-12-27-23(18-8-1-2-9-19(18)24(27)29)20-15-25-21-10-4-3-7-17(20)21/h1-10,13,15,23,25H,11-12,14H2,(H,26,28)/t23-/m1/s1. The Morgan fingerprint density at radius 2 is 1.87 bits per heavy atom. The molecule has 4 aromatic rings. The molecule has 0 saturated carbocycles. The summed E-state index contributed by atoms with van der Waals surface area (Å²) in [4.78, 5) is 31.9. The summed E-state index contributed by atoms with van der Waals surface area (Å²) in [6.07, 6.45) is 2.25. The van der Waals surface area contributed by atoms with E-state index in [-0.39, 0.29) is 24.3 Å². The van der Waals surface area contributed by atoms with Crippen LogP contribution in [-0.4, -0.2) is 28.2 Å². The van der Waals surface area contributed by atoms with E-state index in [1.807, 2.05) is 71.1 Å². The third-order valence-corrected chi connectivity index (χ3v) is 6.47. The number of para-hydroxylation sites is 1. The van der Waals surface area contributed by atoms with Crippen LogP contribution in [0.15, 0.2) is 72.2 Å². The van der Waals surface area contributed by atoms with E-state index in [4.69, 9.17) is 0 Å². The van der Waals surface area contributed by atoms with E-state index in [0.29, 0.717) is 18.7 Å². The van der Waals surface area contributed by atoms with Crippen molar-refractivity contribution in [2.75, 3.05) is 6.54 Å². The number of fused-ring (bicyclic) bond motifs is 2. The lowest BCUT2D eigenvalue weighted by Crippen LogP contribution is -2.33. The number of carbonyl (C=O) groups is 2. The van der Waals surface area contributed by atoms with Gasteiger partial charge in [0.25, 0.3) is 5.91 Å². The minimum absolute atomic E-state index is 0.0214. The molecule has 0 saturated heterocycles. The topological polar surface area (TPSA) is 65.2 Å². The fourth-order valence-corrected chi connectivity index (χ4v) is 4.81. The summed E-state index contributed by atoms with van der Waals surface area (Å²) in [5.74, 6) is -0.0724. The summed E-state index contributed by atoms with van der Waals surface area (Å²) in [5.41, 5.74) is 3.80. The minimum atomic E-state index is -0.199. The van der Waals surface area contributed by atoms with Crippen LogP contribution in [0.5, 0.6) is 0 Å². The van der Waals surface area contributed by atoms with Crippen LogP contribution in [0.4, 0.5) is 0 Å². The lowest BCUT2D eigenvalue weighted by Gasteiger charge is -2.25. The highest BCUT2D eigenvalue weighted by molar-refractivity contribution is 7.09. The highest BCUT2D eigenvalue weighted by Gasteiger charge is 2.38. The molecule has 0 fully saturated rings. The monoisotopic (exact) mass is 415 g/mol. The van der Waals surface area contributed by atoms with Crippen molar-refractivity contribution < 1.29 is 9.59 Å². The van der Waals surface area contributed by atoms with Crippen molar-refractivity contribution in [2.45, 2.75) is 19.0 Å². The number of thiophene rings is 1. The normalized spacial score (nSPS) is 15.5. The van der Waals surface area contributed by atoms with Gasteiger partial charge in [-0.05, 0) is 29.1 Å². The predicted molar refractivity (Wildman–Crippen MR) is 118 cm³/mol. The fourth-order valence-electron chi connectivity index (χ4n) is 4.17. The van der Waals surface area contributed by atoms with Gasteiger partial charge in [0.15, 0.2) is 0 Å². The Kier molecular flexibility index (Phi) is 4.85. The molecule has 5 rings (SSSR count). The molecule has 3 heterocycles. The van der Waals surface area contributed by atoms with Crippen molar-refractivity contribution in [1.29, 1.82) is 0 Å². The van der Waals surface area contributed by atoms with Gasteiger partial charge in [-0.1, -0.05) is 42.5 Å².